The lowest BCUT2D eigenvalue weighted by molar-refractivity contribution is -0.167. The summed E-state index contributed by atoms with van der Waals surface area (Å²) in [4.78, 5) is 38.3. The number of esters is 3. The standard InChI is InChI=1S/C72H122O6/c1-4-7-10-13-16-19-22-25-28-30-32-34-35-36-38-39-41-44-47-50-53-56-59-62-65-71(74)77-68-69(67-76-70(73)64-61-58-55-52-49-46-43-27-24-21-18-15-12-9-6-3)78-72(75)66-63-60-57-54-51-48-45-42-40-37-33-31-29-26-23-20-17-14-11-8-5-2/h8-9,11-12,17-18,20-21,26-27,29,33,37,42-43,45,51,54,69H,4-7,10,13-16,19,22-25,28,30-32,34-36,38-41,44,46-50,52-53,55-68H2,1-3H3/b11-8-,12-9-,20-17-,21-18-,29-26-,37-33-,43-27-,45-42-,54-51-. The predicted molar refractivity (Wildman–Crippen MR) is 339 cm³/mol. The molecule has 0 amide bonds. The Kier molecular flexibility index (Phi) is 62.3. The van der Waals surface area contributed by atoms with Crippen molar-refractivity contribution in [1.82, 2.24) is 0 Å². The molecule has 0 N–H and O–H groups in total. The minimum atomic E-state index is -0.811. The lowest BCUT2D eigenvalue weighted by Crippen LogP contribution is -2.30. The maximum atomic E-state index is 12.9. The summed E-state index contributed by atoms with van der Waals surface area (Å²) in [5.41, 5.74) is 0. The summed E-state index contributed by atoms with van der Waals surface area (Å²) in [5.74, 6) is -0.952. The molecule has 0 radical (unpaired) electrons. The molecule has 0 saturated carbocycles. The topological polar surface area (TPSA) is 78.9 Å². The van der Waals surface area contributed by atoms with Crippen LogP contribution in [0.25, 0.3) is 0 Å². The molecule has 0 rings (SSSR count). The molecule has 1 atom stereocenters. The maximum absolute atomic E-state index is 12.9. The van der Waals surface area contributed by atoms with Crippen LogP contribution in [0.3, 0.4) is 0 Å². The van der Waals surface area contributed by atoms with Crippen LogP contribution in [0.15, 0.2) is 109 Å². The third-order valence-corrected chi connectivity index (χ3v) is 14.0. The van der Waals surface area contributed by atoms with E-state index in [9.17, 15) is 14.4 Å². The van der Waals surface area contributed by atoms with E-state index >= 15 is 0 Å². The van der Waals surface area contributed by atoms with Crippen molar-refractivity contribution in [1.29, 1.82) is 0 Å². The highest BCUT2D eigenvalue weighted by molar-refractivity contribution is 5.71. The molecule has 6 heteroatoms. The Balaban J connectivity index is 4.41. The summed E-state index contributed by atoms with van der Waals surface area (Å²) in [6.45, 7) is 6.40. The van der Waals surface area contributed by atoms with E-state index < -0.39 is 6.10 Å². The quantitative estimate of drug-likeness (QED) is 0.0261. The van der Waals surface area contributed by atoms with E-state index in [4.69, 9.17) is 14.2 Å². The monoisotopic (exact) mass is 1080 g/mol. The van der Waals surface area contributed by atoms with Gasteiger partial charge in [-0.1, -0.05) is 297 Å². The zero-order chi connectivity index (χ0) is 56.4. The SMILES string of the molecule is CC/C=C\C/C=C\C/C=C\C/C=C\C/C=C\C/C=C\CCCCC(=O)OC(COC(=O)CCCCCCC/C=C\C/C=C\C/C=C\CC)COC(=O)CCCCCCCCCCCCCCCCCCCCCCCCCC. The van der Waals surface area contributed by atoms with Crippen molar-refractivity contribution in [3.63, 3.8) is 0 Å². The van der Waals surface area contributed by atoms with Crippen LogP contribution in [0.1, 0.15) is 310 Å². The molecule has 78 heavy (non-hydrogen) atoms. The molecule has 0 fully saturated rings. The molecule has 446 valence electrons. The van der Waals surface area contributed by atoms with Crippen molar-refractivity contribution < 1.29 is 28.6 Å². The Bertz CT molecular complexity index is 1570. The van der Waals surface area contributed by atoms with E-state index in [1.165, 1.54) is 135 Å². The van der Waals surface area contributed by atoms with Crippen molar-refractivity contribution in [2.75, 3.05) is 13.2 Å². The molecular formula is C72H122O6. The van der Waals surface area contributed by atoms with Crippen LogP contribution in [0.5, 0.6) is 0 Å². The number of carbonyl (C=O) groups is 3. The summed E-state index contributed by atoms with van der Waals surface area (Å²) in [5, 5.41) is 0. The van der Waals surface area contributed by atoms with Gasteiger partial charge < -0.3 is 14.2 Å². The van der Waals surface area contributed by atoms with Crippen LogP contribution in [-0.4, -0.2) is 37.2 Å². The normalized spacial score (nSPS) is 12.8. The first-order valence-corrected chi connectivity index (χ1v) is 32.9. The average Bonchev–Trinajstić information content (AvgIpc) is 3.44. The second-order valence-electron chi connectivity index (χ2n) is 21.6. The Hall–Kier alpha value is -3.93. The van der Waals surface area contributed by atoms with Gasteiger partial charge in [-0.15, -0.1) is 0 Å². The largest absolute Gasteiger partial charge is 0.462 e. The Morgan fingerprint density at radius 1 is 0.269 bits per heavy atom. The van der Waals surface area contributed by atoms with E-state index in [1.807, 2.05) is 0 Å². The molecule has 0 aromatic rings. The molecule has 0 aliphatic carbocycles. The number of ether oxygens (including phenoxy) is 3. The van der Waals surface area contributed by atoms with Crippen molar-refractivity contribution in [2.45, 2.75) is 316 Å². The third kappa shape index (κ3) is 62.9. The first kappa shape index (κ1) is 74.1. The van der Waals surface area contributed by atoms with Crippen molar-refractivity contribution >= 4 is 17.9 Å². The molecule has 6 nitrogen and oxygen atoms in total. The molecular weight excluding hydrogens is 961 g/mol. The van der Waals surface area contributed by atoms with Crippen LogP contribution < -0.4 is 0 Å². The molecule has 0 heterocycles. The number of hydrogen-bond acceptors (Lipinski definition) is 6. The summed E-state index contributed by atoms with van der Waals surface area (Å²) in [6.07, 6.45) is 89.6. The highest BCUT2D eigenvalue weighted by Gasteiger charge is 2.19. The van der Waals surface area contributed by atoms with Crippen LogP contribution >= 0.6 is 0 Å². The number of carbonyl (C=O) groups excluding carboxylic acids is 3. The van der Waals surface area contributed by atoms with Crippen LogP contribution in [0.2, 0.25) is 0 Å². The first-order valence-electron chi connectivity index (χ1n) is 32.9. The van der Waals surface area contributed by atoms with Gasteiger partial charge in [-0.2, -0.15) is 0 Å². The third-order valence-electron chi connectivity index (χ3n) is 14.0. The van der Waals surface area contributed by atoms with E-state index in [0.29, 0.717) is 19.3 Å². The maximum Gasteiger partial charge on any atom is 0.306 e. The van der Waals surface area contributed by atoms with Gasteiger partial charge in [0.1, 0.15) is 13.2 Å². The van der Waals surface area contributed by atoms with Crippen molar-refractivity contribution in [3.8, 4) is 0 Å². The smallest absolute Gasteiger partial charge is 0.306 e. The molecule has 0 spiro atoms. The fraction of sp³-hybridized carbons (Fsp3) is 0.708. The number of allylic oxidation sites excluding steroid dienone is 18. The summed E-state index contributed by atoms with van der Waals surface area (Å²) in [7, 11) is 0. The molecule has 0 aliphatic heterocycles. The minimum absolute atomic E-state index is 0.100. The van der Waals surface area contributed by atoms with E-state index in [2.05, 4.69) is 130 Å². The Morgan fingerprint density at radius 2 is 0.500 bits per heavy atom. The molecule has 0 aromatic heterocycles. The fourth-order valence-corrected chi connectivity index (χ4v) is 9.17. The number of rotatable bonds is 59. The Labute approximate surface area is 482 Å². The van der Waals surface area contributed by atoms with E-state index in [1.54, 1.807) is 0 Å². The zero-order valence-corrected chi connectivity index (χ0v) is 51.2. The second kappa shape index (κ2) is 65.6. The summed E-state index contributed by atoms with van der Waals surface area (Å²) in [6, 6.07) is 0. The highest BCUT2D eigenvalue weighted by Crippen LogP contribution is 2.17. The van der Waals surface area contributed by atoms with Gasteiger partial charge in [0.2, 0.25) is 0 Å². The second-order valence-corrected chi connectivity index (χ2v) is 21.6. The van der Waals surface area contributed by atoms with Gasteiger partial charge in [-0.05, 0) is 103 Å². The van der Waals surface area contributed by atoms with Gasteiger partial charge in [0.05, 0.1) is 0 Å². The Morgan fingerprint density at radius 3 is 0.808 bits per heavy atom. The molecule has 0 bridgehead atoms. The highest BCUT2D eigenvalue weighted by atomic mass is 16.6. The van der Waals surface area contributed by atoms with E-state index in [-0.39, 0.29) is 37.5 Å². The van der Waals surface area contributed by atoms with Crippen molar-refractivity contribution in [3.05, 3.63) is 109 Å². The number of hydrogen-bond donors (Lipinski definition) is 0. The average molecular weight is 1080 g/mol. The minimum Gasteiger partial charge on any atom is -0.462 e. The van der Waals surface area contributed by atoms with Crippen LogP contribution in [0, 0.1) is 0 Å². The molecule has 1 unspecified atom stereocenters. The molecule has 0 aromatic carbocycles. The lowest BCUT2D eigenvalue weighted by Gasteiger charge is -2.18. The van der Waals surface area contributed by atoms with Crippen molar-refractivity contribution in [2.24, 2.45) is 0 Å². The molecule has 0 saturated heterocycles. The fourth-order valence-electron chi connectivity index (χ4n) is 9.17. The van der Waals surface area contributed by atoms with Gasteiger partial charge in [-0.3, -0.25) is 14.4 Å². The number of unbranched alkanes of at least 4 members (excludes halogenated alkanes) is 30. The lowest BCUT2D eigenvalue weighted by atomic mass is 10.0. The van der Waals surface area contributed by atoms with Gasteiger partial charge in [0.25, 0.3) is 0 Å². The van der Waals surface area contributed by atoms with Crippen LogP contribution in [-0.2, 0) is 28.6 Å². The molecule has 0 aliphatic rings. The van der Waals surface area contributed by atoms with Gasteiger partial charge in [0, 0.05) is 19.3 Å². The van der Waals surface area contributed by atoms with Gasteiger partial charge >= 0.3 is 17.9 Å². The summed E-state index contributed by atoms with van der Waals surface area (Å²) >= 11 is 0. The predicted octanol–water partition coefficient (Wildman–Crippen LogP) is 22.6. The van der Waals surface area contributed by atoms with Gasteiger partial charge in [-0.25, -0.2) is 0 Å². The van der Waals surface area contributed by atoms with Gasteiger partial charge in [0.15, 0.2) is 6.10 Å². The summed E-state index contributed by atoms with van der Waals surface area (Å²) < 4.78 is 16.9. The van der Waals surface area contributed by atoms with Crippen LogP contribution in [0.4, 0.5) is 0 Å². The first-order chi connectivity index (χ1) is 38.5. The zero-order valence-electron chi connectivity index (χ0n) is 51.2. The van der Waals surface area contributed by atoms with E-state index in [0.717, 1.165) is 128 Å².